The van der Waals surface area contributed by atoms with Crippen LogP contribution in [0.25, 0.3) is 10.2 Å². The first-order valence-electron chi connectivity index (χ1n) is 7.12. The number of nitrogens with one attached hydrogen (secondary N) is 2. The fourth-order valence-corrected chi connectivity index (χ4v) is 3.64. The number of hydrogen-bond donors (Lipinski definition) is 3. The average molecular weight is 307 g/mol. The highest BCUT2D eigenvalue weighted by molar-refractivity contribution is 7.18. The Bertz CT molecular complexity index is 654. The number of hydrogen-bond acceptors (Lipinski definition) is 7. The predicted octanol–water partition coefficient (Wildman–Crippen LogP) is 2.65. The molecule has 0 bridgehead atoms. The van der Waals surface area contributed by atoms with E-state index in [1.54, 1.807) is 11.3 Å². The first-order chi connectivity index (χ1) is 9.97. The number of hydrazine groups is 1. The van der Waals surface area contributed by atoms with Crippen LogP contribution in [0.15, 0.2) is 6.07 Å². The molecule has 0 aliphatic carbocycles. The van der Waals surface area contributed by atoms with Crippen molar-refractivity contribution in [2.45, 2.75) is 45.3 Å². The van der Waals surface area contributed by atoms with Crippen molar-refractivity contribution >= 4 is 33.3 Å². The molecule has 2 aromatic heterocycles. The van der Waals surface area contributed by atoms with Gasteiger partial charge in [0.05, 0.1) is 11.0 Å². The van der Waals surface area contributed by atoms with Gasteiger partial charge < -0.3 is 10.1 Å². The third kappa shape index (κ3) is 3.09. The second-order valence-corrected chi connectivity index (χ2v) is 7.29. The zero-order chi connectivity index (χ0) is 15.0. The van der Waals surface area contributed by atoms with Crippen LogP contribution in [0.2, 0.25) is 0 Å². The fraction of sp³-hybridized carbons (Fsp3) is 0.571. The van der Waals surface area contributed by atoms with E-state index < -0.39 is 0 Å². The van der Waals surface area contributed by atoms with E-state index in [0.717, 1.165) is 35.5 Å². The molecule has 7 heteroatoms. The molecule has 114 valence electrons. The molecule has 0 amide bonds. The lowest BCUT2D eigenvalue weighted by atomic mass is 9.94. The van der Waals surface area contributed by atoms with Crippen molar-refractivity contribution in [3.63, 3.8) is 0 Å². The molecule has 21 heavy (non-hydrogen) atoms. The number of anilines is 2. The number of rotatable bonds is 3. The minimum Gasteiger partial charge on any atom is -0.375 e. The molecule has 0 aromatic carbocycles. The highest BCUT2D eigenvalue weighted by Crippen LogP contribution is 2.32. The first-order valence-corrected chi connectivity index (χ1v) is 7.94. The van der Waals surface area contributed by atoms with Gasteiger partial charge in [0.2, 0.25) is 5.95 Å². The standard InChI is InChI=1S/C14H21N5OS/c1-8-6-10-11(17-13(19-15)18-12(10)21-8)16-9-4-5-20-14(2,3)7-9/h6,9H,4-5,7,15H2,1-3H3,(H2,16,17,18,19). The van der Waals surface area contributed by atoms with Crippen LogP contribution in [0, 0.1) is 6.92 Å². The smallest absolute Gasteiger partial charge is 0.240 e. The Kier molecular flexibility index (Phi) is 3.73. The molecule has 3 heterocycles. The maximum atomic E-state index is 5.77. The van der Waals surface area contributed by atoms with Crippen LogP contribution in [0.1, 0.15) is 31.6 Å². The minimum absolute atomic E-state index is 0.0957. The summed E-state index contributed by atoms with van der Waals surface area (Å²) in [6.45, 7) is 7.09. The Morgan fingerprint density at radius 3 is 2.95 bits per heavy atom. The summed E-state index contributed by atoms with van der Waals surface area (Å²) in [5.74, 6) is 6.76. The lowest BCUT2D eigenvalue weighted by Gasteiger charge is -2.36. The van der Waals surface area contributed by atoms with E-state index in [4.69, 9.17) is 10.6 Å². The topological polar surface area (TPSA) is 85.1 Å². The number of aromatic nitrogens is 2. The number of ether oxygens (including phenoxy) is 1. The van der Waals surface area contributed by atoms with Crippen LogP contribution in [0.3, 0.4) is 0 Å². The summed E-state index contributed by atoms with van der Waals surface area (Å²) in [6, 6.07) is 2.46. The van der Waals surface area contributed by atoms with Crippen molar-refractivity contribution in [3.05, 3.63) is 10.9 Å². The molecule has 0 spiro atoms. The van der Waals surface area contributed by atoms with E-state index in [0.29, 0.717) is 12.0 Å². The zero-order valence-electron chi connectivity index (χ0n) is 12.6. The van der Waals surface area contributed by atoms with E-state index in [9.17, 15) is 0 Å². The number of thiophene rings is 1. The SMILES string of the molecule is Cc1cc2c(NC3CCOC(C)(C)C3)nc(NN)nc2s1. The number of aryl methyl sites for hydroxylation is 1. The monoisotopic (exact) mass is 307 g/mol. The molecule has 1 aliphatic rings. The van der Waals surface area contributed by atoms with Crippen molar-refractivity contribution < 1.29 is 4.74 Å². The Morgan fingerprint density at radius 1 is 1.43 bits per heavy atom. The second-order valence-electron chi connectivity index (χ2n) is 6.06. The highest BCUT2D eigenvalue weighted by Gasteiger charge is 2.29. The van der Waals surface area contributed by atoms with Crippen molar-refractivity contribution in [2.75, 3.05) is 17.3 Å². The molecular formula is C14H21N5OS. The molecule has 1 unspecified atom stereocenters. The van der Waals surface area contributed by atoms with Gasteiger partial charge in [0.15, 0.2) is 0 Å². The highest BCUT2D eigenvalue weighted by atomic mass is 32.1. The molecule has 1 saturated heterocycles. The fourth-order valence-electron chi connectivity index (χ4n) is 2.76. The number of nitrogens with two attached hydrogens (primary N) is 1. The maximum Gasteiger partial charge on any atom is 0.240 e. The van der Waals surface area contributed by atoms with E-state index in [1.807, 2.05) is 0 Å². The molecule has 6 nitrogen and oxygen atoms in total. The summed E-state index contributed by atoms with van der Waals surface area (Å²) in [6.07, 6.45) is 1.93. The summed E-state index contributed by atoms with van der Waals surface area (Å²) in [4.78, 5) is 11.0. The van der Waals surface area contributed by atoms with Crippen molar-refractivity contribution in [1.82, 2.24) is 9.97 Å². The summed E-state index contributed by atoms with van der Waals surface area (Å²) >= 11 is 1.65. The van der Waals surface area contributed by atoms with E-state index in [-0.39, 0.29) is 5.60 Å². The largest absolute Gasteiger partial charge is 0.375 e. The summed E-state index contributed by atoms with van der Waals surface area (Å²) in [7, 11) is 0. The van der Waals surface area contributed by atoms with Crippen LogP contribution in [-0.2, 0) is 4.74 Å². The second kappa shape index (κ2) is 5.40. The molecule has 0 radical (unpaired) electrons. The lowest BCUT2D eigenvalue weighted by Crippen LogP contribution is -2.40. The van der Waals surface area contributed by atoms with E-state index in [1.165, 1.54) is 4.88 Å². The van der Waals surface area contributed by atoms with Gasteiger partial charge in [-0.2, -0.15) is 4.98 Å². The molecule has 1 atom stereocenters. The Hall–Kier alpha value is -1.44. The predicted molar refractivity (Wildman–Crippen MR) is 86.6 cm³/mol. The minimum atomic E-state index is -0.0957. The number of fused-ring (bicyclic) bond motifs is 1. The van der Waals surface area contributed by atoms with Crippen LogP contribution < -0.4 is 16.6 Å². The molecule has 1 aliphatic heterocycles. The van der Waals surface area contributed by atoms with Gasteiger partial charge in [0, 0.05) is 17.5 Å². The van der Waals surface area contributed by atoms with Crippen molar-refractivity contribution in [2.24, 2.45) is 5.84 Å². The van der Waals surface area contributed by atoms with Gasteiger partial charge in [-0.25, -0.2) is 10.8 Å². The lowest BCUT2D eigenvalue weighted by molar-refractivity contribution is -0.0553. The number of nitrogens with zero attached hydrogens (tertiary/aromatic N) is 2. The zero-order valence-corrected chi connectivity index (χ0v) is 13.4. The van der Waals surface area contributed by atoms with E-state index in [2.05, 4.69) is 47.5 Å². The van der Waals surface area contributed by atoms with Crippen LogP contribution in [-0.4, -0.2) is 28.2 Å². The molecule has 2 aromatic rings. The van der Waals surface area contributed by atoms with Gasteiger partial charge in [-0.1, -0.05) is 0 Å². The molecule has 1 fully saturated rings. The van der Waals surface area contributed by atoms with Crippen molar-refractivity contribution in [3.8, 4) is 0 Å². The van der Waals surface area contributed by atoms with Gasteiger partial charge in [-0.3, -0.25) is 5.43 Å². The van der Waals surface area contributed by atoms with Crippen LogP contribution in [0.4, 0.5) is 11.8 Å². The average Bonchev–Trinajstić information content (AvgIpc) is 2.78. The molecule has 3 rings (SSSR count). The Balaban J connectivity index is 1.92. The summed E-state index contributed by atoms with van der Waals surface area (Å²) in [5, 5.41) is 4.60. The van der Waals surface area contributed by atoms with Crippen LogP contribution >= 0.6 is 11.3 Å². The summed E-state index contributed by atoms with van der Waals surface area (Å²) < 4.78 is 5.77. The van der Waals surface area contributed by atoms with Crippen LogP contribution in [0.5, 0.6) is 0 Å². The van der Waals surface area contributed by atoms with Crippen molar-refractivity contribution in [1.29, 1.82) is 0 Å². The number of nitrogen functional groups attached to an aromatic ring is 1. The molecule has 4 N–H and O–H groups in total. The Labute approximate surface area is 128 Å². The third-order valence-electron chi connectivity index (χ3n) is 3.68. The van der Waals surface area contributed by atoms with Gasteiger partial charge in [-0.05, 0) is 39.7 Å². The quantitative estimate of drug-likeness (QED) is 0.597. The summed E-state index contributed by atoms with van der Waals surface area (Å²) in [5.41, 5.74) is 2.45. The van der Waals surface area contributed by atoms with Gasteiger partial charge in [0.25, 0.3) is 0 Å². The maximum absolute atomic E-state index is 5.77. The molecule has 0 saturated carbocycles. The first kappa shape index (κ1) is 14.5. The van der Waals surface area contributed by atoms with Gasteiger partial charge in [-0.15, -0.1) is 11.3 Å². The third-order valence-corrected chi connectivity index (χ3v) is 4.63. The normalized spacial score (nSPS) is 21.4. The van der Waals surface area contributed by atoms with Gasteiger partial charge >= 0.3 is 0 Å². The Morgan fingerprint density at radius 2 is 2.24 bits per heavy atom. The van der Waals surface area contributed by atoms with Gasteiger partial charge in [0.1, 0.15) is 10.6 Å². The van der Waals surface area contributed by atoms with E-state index >= 15 is 0 Å². The molecular weight excluding hydrogens is 286 g/mol.